The molecule has 0 aromatic rings. The highest BCUT2D eigenvalue weighted by Crippen LogP contribution is 2.09. The molecule has 4 atom stereocenters. The van der Waals surface area contributed by atoms with Crippen molar-refractivity contribution in [3.63, 3.8) is 0 Å². The van der Waals surface area contributed by atoms with Crippen LogP contribution in [0, 0.1) is 11.8 Å². The van der Waals surface area contributed by atoms with Crippen LogP contribution in [0.3, 0.4) is 0 Å². The van der Waals surface area contributed by atoms with E-state index in [1.807, 2.05) is 39.8 Å². The number of rotatable bonds is 8. The summed E-state index contributed by atoms with van der Waals surface area (Å²) in [5.41, 5.74) is 2.18. The number of aliphatic hydroxyl groups excluding tert-OH is 2. The molecule has 0 saturated heterocycles. The molecule has 0 fully saturated rings. The maximum Gasteiger partial charge on any atom is 0.308 e. The van der Waals surface area contributed by atoms with Crippen molar-refractivity contribution in [3.05, 3.63) is 23.3 Å². The maximum absolute atomic E-state index is 10.4. The fourth-order valence-corrected chi connectivity index (χ4v) is 1.45. The summed E-state index contributed by atoms with van der Waals surface area (Å²) in [4.78, 5) is 20.8. The first kappa shape index (κ1) is 24.6. The number of aliphatic hydroxyl groups is 2. The fraction of sp³-hybridized carbons (Fsp3) is 0.667. The van der Waals surface area contributed by atoms with Gasteiger partial charge >= 0.3 is 11.9 Å². The number of aliphatic carboxylic acids is 2. The zero-order chi connectivity index (χ0) is 19.4. The second-order valence-corrected chi connectivity index (χ2v) is 6.42. The van der Waals surface area contributed by atoms with E-state index in [9.17, 15) is 19.8 Å². The second-order valence-electron chi connectivity index (χ2n) is 6.42. The predicted molar refractivity (Wildman–Crippen MR) is 93.7 cm³/mol. The van der Waals surface area contributed by atoms with Gasteiger partial charge in [0.2, 0.25) is 0 Å². The third-order valence-electron chi connectivity index (χ3n) is 3.47. The molecule has 24 heavy (non-hydrogen) atoms. The maximum atomic E-state index is 10.4. The van der Waals surface area contributed by atoms with Gasteiger partial charge < -0.3 is 20.4 Å². The van der Waals surface area contributed by atoms with Gasteiger partial charge in [-0.3, -0.25) is 9.59 Å². The molecule has 0 amide bonds. The minimum Gasteiger partial charge on any atom is -0.481 e. The topological polar surface area (TPSA) is 115 Å². The van der Waals surface area contributed by atoms with E-state index in [2.05, 4.69) is 0 Å². The van der Waals surface area contributed by atoms with E-state index in [0.29, 0.717) is 12.8 Å². The second kappa shape index (κ2) is 12.7. The summed E-state index contributed by atoms with van der Waals surface area (Å²) < 4.78 is 0. The lowest BCUT2D eigenvalue weighted by Gasteiger charge is -2.12. The van der Waals surface area contributed by atoms with Crippen LogP contribution in [0.15, 0.2) is 23.3 Å². The lowest BCUT2D eigenvalue weighted by atomic mass is 10.0. The van der Waals surface area contributed by atoms with Gasteiger partial charge in [0.25, 0.3) is 0 Å². The van der Waals surface area contributed by atoms with Crippen LogP contribution < -0.4 is 0 Å². The number of carbonyl (C=O) groups is 2. The van der Waals surface area contributed by atoms with Crippen molar-refractivity contribution in [2.45, 2.75) is 66.6 Å². The molecule has 0 bridgehead atoms. The zero-order valence-corrected chi connectivity index (χ0v) is 15.5. The normalized spacial score (nSPS) is 15.0. The molecule has 0 heterocycles. The third-order valence-corrected chi connectivity index (χ3v) is 3.47. The number of allylic oxidation sites excluding steroid dienone is 2. The average Bonchev–Trinajstić information content (AvgIpc) is 2.48. The van der Waals surface area contributed by atoms with E-state index in [0.717, 1.165) is 11.1 Å². The Labute approximate surface area is 144 Å². The lowest BCUT2D eigenvalue weighted by Crippen LogP contribution is -2.24. The minimum absolute atomic E-state index is 0.413. The summed E-state index contributed by atoms with van der Waals surface area (Å²) in [6, 6.07) is 0. The standard InChI is InChI=1S/2C9H16O3/c2*1-6(2)4-5-8(10)7(3)9(11)12/h2*4,7-8,10H,5H2,1-3H3,(H,11,12). The summed E-state index contributed by atoms with van der Waals surface area (Å²) >= 11 is 0. The van der Waals surface area contributed by atoms with E-state index < -0.39 is 36.0 Å². The minimum atomic E-state index is -0.954. The van der Waals surface area contributed by atoms with E-state index in [4.69, 9.17) is 10.2 Å². The zero-order valence-electron chi connectivity index (χ0n) is 15.5. The molecule has 0 aliphatic carbocycles. The van der Waals surface area contributed by atoms with Crippen LogP contribution in [0.4, 0.5) is 0 Å². The predicted octanol–water partition coefficient (Wildman–Crippen LogP) is 2.85. The van der Waals surface area contributed by atoms with Gasteiger partial charge in [0, 0.05) is 0 Å². The molecule has 6 nitrogen and oxygen atoms in total. The van der Waals surface area contributed by atoms with Crippen LogP contribution in [0.5, 0.6) is 0 Å². The van der Waals surface area contributed by atoms with Gasteiger partial charge in [0.1, 0.15) is 0 Å². The van der Waals surface area contributed by atoms with Crippen LogP contribution in [-0.4, -0.2) is 44.6 Å². The number of carboxylic acid groups (broad SMARTS) is 2. The first-order valence-corrected chi connectivity index (χ1v) is 7.98. The molecule has 0 radical (unpaired) electrons. The molecule has 0 aliphatic rings. The fourth-order valence-electron chi connectivity index (χ4n) is 1.45. The highest BCUT2D eigenvalue weighted by atomic mass is 16.4. The van der Waals surface area contributed by atoms with Gasteiger partial charge in [0.05, 0.1) is 24.0 Å². The average molecular weight is 344 g/mol. The van der Waals surface area contributed by atoms with E-state index in [-0.39, 0.29) is 0 Å². The Bertz CT molecular complexity index is 402. The van der Waals surface area contributed by atoms with Crippen LogP contribution in [-0.2, 0) is 9.59 Å². The smallest absolute Gasteiger partial charge is 0.308 e. The van der Waals surface area contributed by atoms with Crippen LogP contribution in [0.2, 0.25) is 0 Å². The molecule has 0 saturated carbocycles. The SMILES string of the molecule is CC(C)=CCC(O)C(C)C(=O)O.CC(C)=CCC(O)C(C)C(=O)O. The molecule has 0 aromatic heterocycles. The first-order chi connectivity index (χ1) is 10.9. The largest absolute Gasteiger partial charge is 0.481 e. The number of carboxylic acids is 2. The number of hydrogen-bond acceptors (Lipinski definition) is 4. The van der Waals surface area contributed by atoms with Crippen LogP contribution >= 0.6 is 0 Å². The van der Waals surface area contributed by atoms with Gasteiger partial charge in [-0.15, -0.1) is 0 Å². The van der Waals surface area contributed by atoms with Crippen molar-refractivity contribution in [1.82, 2.24) is 0 Å². The molecule has 4 N–H and O–H groups in total. The lowest BCUT2D eigenvalue weighted by molar-refractivity contribution is -0.145. The summed E-state index contributed by atoms with van der Waals surface area (Å²) in [5, 5.41) is 35.7. The quantitative estimate of drug-likeness (QED) is 0.503. The Morgan fingerprint density at radius 2 is 1.00 bits per heavy atom. The summed E-state index contributed by atoms with van der Waals surface area (Å²) in [6.45, 7) is 10.7. The van der Waals surface area contributed by atoms with Gasteiger partial charge in [-0.1, -0.05) is 23.3 Å². The Morgan fingerprint density at radius 3 is 1.17 bits per heavy atom. The van der Waals surface area contributed by atoms with E-state index in [1.165, 1.54) is 13.8 Å². The van der Waals surface area contributed by atoms with E-state index in [1.54, 1.807) is 0 Å². The van der Waals surface area contributed by atoms with Crippen molar-refractivity contribution in [3.8, 4) is 0 Å². The molecule has 140 valence electrons. The number of hydrogen-bond donors (Lipinski definition) is 4. The van der Waals surface area contributed by atoms with Crippen molar-refractivity contribution < 1.29 is 30.0 Å². The van der Waals surface area contributed by atoms with Crippen molar-refractivity contribution >= 4 is 11.9 Å². The summed E-state index contributed by atoms with van der Waals surface area (Å²) in [7, 11) is 0. The Hall–Kier alpha value is -1.66. The Morgan fingerprint density at radius 1 is 0.750 bits per heavy atom. The summed E-state index contributed by atoms with van der Waals surface area (Å²) in [6.07, 6.45) is 2.94. The van der Waals surface area contributed by atoms with Gasteiger partial charge in [0.15, 0.2) is 0 Å². The highest BCUT2D eigenvalue weighted by Gasteiger charge is 2.20. The van der Waals surface area contributed by atoms with Crippen LogP contribution in [0.1, 0.15) is 54.4 Å². The van der Waals surface area contributed by atoms with Gasteiger partial charge in [-0.05, 0) is 54.4 Å². The molecule has 4 unspecified atom stereocenters. The molecule has 0 spiro atoms. The van der Waals surface area contributed by atoms with Gasteiger partial charge in [-0.2, -0.15) is 0 Å². The monoisotopic (exact) mass is 344 g/mol. The van der Waals surface area contributed by atoms with Crippen LogP contribution in [0.25, 0.3) is 0 Å². The molecule has 0 rings (SSSR count). The molecular formula is C18H32O6. The van der Waals surface area contributed by atoms with E-state index >= 15 is 0 Å². The van der Waals surface area contributed by atoms with Crippen molar-refractivity contribution in [2.24, 2.45) is 11.8 Å². The third kappa shape index (κ3) is 12.8. The highest BCUT2D eigenvalue weighted by molar-refractivity contribution is 5.70. The molecule has 0 aliphatic heterocycles. The molecular weight excluding hydrogens is 312 g/mol. The summed E-state index contributed by atoms with van der Waals surface area (Å²) in [5.74, 6) is -3.30. The molecule has 0 aromatic carbocycles. The molecule has 6 heteroatoms. The Balaban J connectivity index is 0. The Kier molecular flexibility index (Phi) is 13.0. The first-order valence-electron chi connectivity index (χ1n) is 7.98. The van der Waals surface area contributed by atoms with Crippen molar-refractivity contribution in [1.29, 1.82) is 0 Å². The van der Waals surface area contributed by atoms with Crippen molar-refractivity contribution in [2.75, 3.05) is 0 Å². The van der Waals surface area contributed by atoms with Gasteiger partial charge in [-0.25, -0.2) is 0 Å².